The third kappa shape index (κ3) is 3.42. The molecule has 24 heavy (non-hydrogen) atoms. The number of benzene rings is 1. The molecule has 0 bridgehead atoms. The molecule has 3 rings (SSSR count). The molecule has 7 nitrogen and oxygen atoms in total. The Morgan fingerprint density at radius 1 is 1.21 bits per heavy atom. The molecule has 1 aromatic heterocycles. The smallest absolute Gasteiger partial charge is 0.327 e. The fraction of sp³-hybridized carbons (Fsp3) is 0.588. The predicted octanol–water partition coefficient (Wildman–Crippen LogP) is 2.76. The van der Waals surface area contributed by atoms with Gasteiger partial charge in [-0.25, -0.2) is 0 Å². The second-order valence-electron chi connectivity index (χ2n) is 6.13. The number of hydrogen-bond acceptors (Lipinski definition) is 6. The minimum atomic E-state index is -0.960. The van der Waals surface area contributed by atoms with Crippen molar-refractivity contribution in [1.29, 1.82) is 0 Å². The lowest BCUT2D eigenvalue weighted by Gasteiger charge is -2.29. The van der Waals surface area contributed by atoms with Crippen molar-refractivity contribution in [2.75, 3.05) is 13.2 Å². The van der Waals surface area contributed by atoms with Gasteiger partial charge < -0.3 is 14.2 Å². The number of tetrazole rings is 1. The van der Waals surface area contributed by atoms with Gasteiger partial charge in [-0.3, -0.25) is 0 Å². The average molecular weight is 332 g/mol. The van der Waals surface area contributed by atoms with Crippen LogP contribution in [0.1, 0.15) is 37.3 Å². The van der Waals surface area contributed by atoms with Crippen molar-refractivity contribution in [3.05, 3.63) is 23.3 Å². The molecule has 0 N–H and O–H groups in total. The van der Waals surface area contributed by atoms with E-state index in [1.807, 2.05) is 26.0 Å². The van der Waals surface area contributed by atoms with Crippen LogP contribution in [0, 0.1) is 13.8 Å². The molecule has 1 aliphatic rings. The summed E-state index contributed by atoms with van der Waals surface area (Å²) in [5.74, 6) is 0.433. The van der Waals surface area contributed by atoms with Crippen molar-refractivity contribution < 1.29 is 14.2 Å². The fourth-order valence-electron chi connectivity index (χ4n) is 2.88. The molecule has 1 saturated heterocycles. The number of unbranched alkanes of at least 4 members (excludes halogenated alkanes) is 1. The Morgan fingerprint density at radius 2 is 1.88 bits per heavy atom. The Morgan fingerprint density at radius 3 is 2.42 bits per heavy atom. The van der Waals surface area contributed by atoms with Gasteiger partial charge in [0.1, 0.15) is 5.75 Å². The molecule has 1 fully saturated rings. The molecule has 7 heteroatoms. The van der Waals surface area contributed by atoms with E-state index in [4.69, 9.17) is 14.2 Å². The molecular weight excluding hydrogens is 308 g/mol. The van der Waals surface area contributed by atoms with Crippen LogP contribution in [0.2, 0.25) is 0 Å². The molecule has 2 heterocycles. The van der Waals surface area contributed by atoms with E-state index in [0.29, 0.717) is 19.0 Å². The van der Waals surface area contributed by atoms with E-state index in [9.17, 15) is 0 Å². The van der Waals surface area contributed by atoms with Crippen LogP contribution in [0.5, 0.6) is 5.75 Å². The second-order valence-corrected chi connectivity index (χ2v) is 6.13. The number of aromatic nitrogens is 4. The molecule has 0 radical (unpaired) electrons. The maximum absolute atomic E-state index is 6.22. The van der Waals surface area contributed by atoms with Crippen LogP contribution < -0.4 is 4.74 Å². The first-order valence-electron chi connectivity index (χ1n) is 8.35. The first kappa shape index (κ1) is 16.9. The highest BCUT2D eigenvalue weighted by Gasteiger charge is 2.39. The van der Waals surface area contributed by atoms with Gasteiger partial charge in [0.2, 0.25) is 5.82 Å². The summed E-state index contributed by atoms with van der Waals surface area (Å²) in [4.78, 5) is 1.45. The van der Waals surface area contributed by atoms with E-state index in [1.54, 1.807) is 7.05 Å². The minimum Gasteiger partial charge on any atom is -0.438 e. The van der Waals surface area contributed by atoms with Gasteiger partial charge in [0.15, 0.2) is 0 Å². The van der Waals surface area contributed by atoms with E-state index in [1.165, 1.54) is 4.80 Å². The van der Waals surface area contributed by atoms with E-state index in [0.717, 1.165) is 41.7 Å². The van der Waals surface area contributed by atoms with Gasteiger partial charge in [-0.2, -0.15) is 4.80 Å². The van der Waals surface area contributed by atoms with E-state index >= 15 is 0 Å². The Bertz CT molecular complexity index is 685. The number of rotatable bonds is 6. The van der Waals surface area contributed by atoms with Crippen molar-refractivity contribution in [3.63, 3.8) is 0 Å². The maximum atomic E-state index is 6.22. The number of aryl methyl sites for hydroxylation is 3. The average Bonchev–Trinajstić information content (AvgIpc) is 3.18. The van der Waals surface area contributed by atoms with Crippen LogP contribution in [0.4, 0.5) is 0 Å². The molecule has 0 unspecified atom stereocenters. The Kier molecular flexibility index (Phi) is 4.82. The first-order valence-corrected chi connectivity index (χ1v) is 8.35. The van der Waals surface area contributed by atoms with Crippen molar-refractivity contribution in [2.24, 2.45) is 7.05 Å². The van der Waals surface area contributed by atoms with Gasteiger partial charge in [-0.05, 0) is 48.7 Å². The van der Waals surface area contributed by atoms with Gasteiger partial charge in [-0.15, -0.1) is 10.2 Å². The van der Waals surface area contributed by atoms with E-state index < -0.39 is 5.97 Å². The maximum Gasteiger partial charge on any atom is 0.327 e. The third-order valence-electron chi connectivity index (χ3n) is 4.05. The van der Waals surface area contributed by atoms with Crippen molar-refractivity contribution >= 4 is 0 Å². The van der Waals surface area contributed by atoms with E-state index in [2.05, 4.69) is 22.3 Å². The molecule has 0 atom stereocenters. The highest BCUT2D eigenvalue weighted by atomic mass is 16.9. The molecule has 1 aliphatic heterocycles. The fourth-order valence-corrected chi connectivity index (χ4v) is 2.88. The van der Waals surface area contributed by atoms with Crippen LogP contribution in [0.3, 0.4) is 0 Å². The van der Waals surface area contributed by atoms with Gasteiger partial charge in [0.25, 0.3) is 0 Å². The Balaban J connectivity index is 1.88. The summed E-state index contributed by atoms with van der Waals surface area (Å²) in [5.41, 5.74) is 2.90. The zero-order chi connectivity index (χ0) is 17.2. The molecule has 0 amide bonds. The third-order valence-corrected chi connectivity index (χ3v) is 4.05. The second kappa shape index (κ2) is 6.86. The zero-order valence-electron chi connectivity index (χ0n) is 14.7. The summed E-state index contributed by atoms with van der Waals surface area (Å²) in [5, 5.41) is 12.2. The molecule has 0 saturated carbocycles. The van der Waals surface area contributed by atoms with Gasteiger partial charge in [0.05, 0.1) is 20.3 Å². The zero-order valence-corrected chi connectivity index (χ0v) is 14.7. The Labute approximate surface area is 141 Å². The molecule has 2 aromatic rings. The highest BCUT2D eigenvalue weighted by Crippen LogP contribution is 2.35. The quantitative estimate of drug-likeness (QED) is 0.810. The lowest BCUT2D eigenvalue weighted by atomic mass is 10.1. The van der Waals surface area contributed by atoms with Crippen molar-refractivity contribution in [1.82, 2.24) is 20.2 Å². The van der Waals surface area contributed by atoms with Crippen molar-refractivity contribution in [3.8, 4) is 17.1 Å². The van der Waals surface area contributed by atoms with Crippen LogP contribution in [-0.2, 0) is 16.5 Å². The lowest BCUT2D eigenvalue weighted by molar-refractivity contribution is -0.290. The Hall–Kier alpha value is -1.99. The van der Waals surface area contributed by atoms with Crippen LogP contribution in [-0.4, -0.2) is 39.4 Å². The highest BCUT2D eigenvalue weighted by molar-refractivity contribution is 5.60. The summed E-state index contributed by atoms with van der Waals surface area (Å²) >= 11 is 0. The standard InChI is InChI=1S/C17H24N4O3/c1-5-6-7-17(22-8-9-23-17)24-15-12(2)10-14(11-13(15)3)16-18-20-21(4)19-16/h10-11H,5-9H2,1-4H3. The van der Waals surface area contributed by atoms with E-state index in [-0.39, 0.29) is 0 Å². The van der Waals surface area contributed by atoms with Gasteiger partial charge in [0, 0.05) is 12.0 Å². The summed E-state index contributed by atoms with van der Waals surface area (Å²) in [7, 11) is 1.75. The molecule has 0 spiro atoms. The van der Waals surface area contributed by atoms with Crippen molar-refractivity contribution in [2.45, 2.75) is 46.0 Å². The topological polar surface area (TPSA) is 71.3 Å². The summed E-state index contributed by atoms with van der Waals surface area (Å²) in [6.45, 7) is 7.27. The first-order chi connectivity index (χ1) is 11.5. The van der Waals surface area contributed by atoms with Crippen LogP contribution in [0.15, 0.2) is 12.1 Å². The number of hydrogen-bond donors (Lipinski definition) is 0. The summed E-state index contributed by atoms with van der Waals surface area (Å²) < 4.78 is 17.8. The van der Waals surface area contributed by atoms with Gasteiger partial charge in [-0.1, -0.05) is 13.3 Å². The van der Waals surface area contributed by atoms with Crippen LogP contribution >= 0.6 is 0 Å². The lowest BCUT2D eigenvalue weighted by Crippen LogP contribution is -2.37. The molecule has 1 aromatic carbocycles. The monoisotopic (exact) mass is 332 g/mol. The number of nitrogens with zero attached hydrogens (tertiary/aromatic N) is 4. The normalized spacial score (nSPS) is 16.5. The SMILES string of the molecule is CCCCC1(Oc2c(C)cc(-c3nnn(C)n3)cc2C)OCCO1. The van der Waals surface area contributed by atoms with Gasteiger partial charge >= 0.3 is 5.97 Å². The molecule has 130 valence electrons. The number of ether oxygens (including phenoxy) is 3. The summed E-state index contributed by atoms with van der Waals surface area (Å²) in [6, 6.07) is 4.00. The molecular formula is C17H24N4O3. The minimum absolute atomic E-state index is 0.559. The van der Waals surface area contributed by atoms with Crippen LogP contribution in [0.25, 0.3) is 11.4 Å². The molecule has 0 aliphatic carbocycles. The summed E-state index contributed by atoms with van der Waals surface area (Å²) in [6.07, 6.45) is 2.77. The largest absolute Gasteiger partial charge is 0.438 e. The predicted molar refractivity (Wildman–Crippen MR) is 88.5 cm³/mol.